The molecule has 3 aromatic heterocycles. The van der Waals surface area contributed by atoms with Gasteiger partial charge in [-0.2, -0.15) is 4.98 Å². The Morgan fingerprint density at radius 2 is 2.19 bits per heavy atom. The van der Waals surface area contributed by atoms with Gasteiger partial charge in [0.05, 0.1) is 11.3 Å². The van der Waals surface area contributed by atoms with E-state index in [0.29, 0.717) is 34.6 Å². The Bertz CT molecular complexity index is 1200. The maximum Gasteiger partial charge on any atom is 0.256 e. The number of aliphatic hydroxyl groups is 1. The maximum atomic E-state index is 13.2. The van der Waals surface area contributed by atoms with E-state index in [1.54, 1.807) is 47.7 Å². The molecule has 1 fully saturated rings. The molecule has 7 nitrogen and oxygen atoms in total. The van der Waals surface area contributed by atoms with Crippen LogP contribution in [-0.2, 0) is 0 Å². The van der Waals surface area contributed by atoms with E-state index in [1.165, 1.54) is 11.3 Å². The van der Waals surface area contributed by atoms with E-state index in [2.05, 4.69) is 21.5 Å². The van der Waals surface area contributed by atoms with Gasteiger partial charge in [0.15, 0.2) is 5.82 Å². The molecular formula is C23H22N4O3S. The zero-order chi connectivity index (χ0) is 22.0. The first kappa shape index (κ1) is 20.7. The van der Waals surface area contributed by atoms with Gasteiger partial charge >= 0.3 is 0 Å². The van der Waals surface area contributed by atoms with Crippen molar-refractivity contribution in [2.45, 2.75) is 13.3 Å². The Morgan fingerprint density at radius 1 is 1.35 bits per heavy atom. The molecule has 158 valence electrons. The van der Waals surface area contributed by atoms with Crippen molar-refractivity contribution in [2.24, 2.45) is 5.92 Å². The second-order valence-electron chi connectivity index (χ2n) is 7.39. The van der Waals surface area contributed by atoms with Gasteiger partial charge in [-0.3, -0.25) is 9.78 Å². The fraction of sp³-hybridized carbons (Fsp3) is 0.217. The minimum atomic E-state index is -0.153. The molecule has 1 unspecified atom stereocenters. The van der Waals surface area contributed by atoms with E-state index in [-0.39, 0.29) is 29.3 Å². The van der Waals surface area contributed by atoms with Crippen molar-refractivity contribution in [3.05, 3.63) is 71.5 Å². The van der Waals surface area contributed by atoms with Crippen molar-refractivity contribution in [1.29, 1.82) is 0 Å². The number of aromatic hydroxyl groups is 1. The first-order chi connectivity index (χ1) is 14.9. The number of carbonyl (C=O) groups excluding carboxylic acids is 1. The van der Waals surface area contributed by atoms with Crippen LogP contribution >= 0.6 is 11.3 Å². The molecule has 0 spiro atoms. The van der Waals surface area contributed by atoms with Gasteiger partial charge in [-0.1, -0.05) is 30.4 Å². The van der Waals surface area contributed by atoms with Crippen LogP contribution in [0.2, 0.25) is 0 Å². The van der Waals surface area contributed by atoms with Gasteiger partial charge in [0, 0.05) is 30.6 Å². The summed E-state index contributed by atoms with van der Waals surface area (Å²) in [5, 5.41) is 21.3. The molecule has 0 aromatic carbocycles. The number of amides is 1. The van der Waals surface area contributed by atoms with E-state index in [4.69, 9.17) is 0 Å². The summed E-state index contributed by atoms with van der Waals surface area (Å²) in [6.07, 6.45) is 7.67. The number of fused-ring (bicyclic) bond motifs is 1. The minimum absolute atomic E-state index is 0.123. The van der Waals surface area contributed by atoms with Crippen LogP contribution in [0.5, 0.6) is 5.88 Å². The van der Waals surface area contributed by atoms with E-state index in [1.807, 2.05) is 12.1 Å². The van der Waals surface area contributed by atoms with Gasteiger partial charge in [0.1, 0.15) is 15.9 Å². The van der Waals surface area contributed by atoms with Crippen LogP contribution in [0.15, 0.2) is 65.9 Å². The Kier molecular flexibility index (Phi) is 5.81. The van der Waals surface area contributed by atoms with Gasteiger partial charge in [-0.15, -0.1) is 11.3 Å². The van der Waals surface area contributed by atoms with Crippen molar-refractivity contribution in [3.8, 4) is 17.4 Å². The summed E-state index contributed by atoms with van der Waals surface area (Å²) in [6.45, 7) is 6.89. The Balaban J connectivity index is 1.57. The number of hydrogen-bond acceptors (Lipinski definition) is 7. The van der Waals surface area contributed by atoms with Gasteiger partial charge in [-0.25, -0.2) is 4.98 Å². The summed E-state index contributed by atoms with van der Waals surface area (Å²) < 4.78 is 0.484. The number of aromatic nitrogens is 3. The van der Waals surface area contributed by atoms with Crippen molar-refractivity contribution < 1.29 is 15.0 Å². The molecule has 1 aliphatic rings. The van der Waals surface area contributed by atoms with E-state index >= 15 is 0 Å². The summed E-state index contributed by atoms with van der Waals surface area (Å²) in [6, 6.07) is 5.36. The average molecular weight is 435 g/mol. The molecule has 0 aliphatic carbocycles. The van der Waals surface area contributed by atoms with E-state index < -0.39 is 0 Å². The number of allylic oxidation sites excluding steroid dienone is 4. The Hall–Kier alpha value is -3.52. The molecule has 1 amide bonds. The summed E-state index contributed by atoms with van der Waals surface area (Å²) in [5.41, 5.74) is 2.34. The third-order valence-electron chi connectivity index (χ3n) is 5.17. The number of rotatable bonds is 5. The molecule has 0 radical (unpaired) electrons. The van der Waals surface area contributed by atoms with Crippen molar-refractivity contribution >= 4 is 27.5 Å². The molecule has 31 heavy (non-hydrogen) atoms. The number of pyridine rings is 1. The van der Waals surface area contributed by atoms with Crippen LogP contribution in [0.4, 0.5) is 0 Å². The van der Waals surface area contributed by atoms with Gasteiger partial charge < -0.3 is 15.1 Å². The topological polar surface area (TPSA) is 99.4 Å². The van der Waals surface area contributed by atoms with Gasteiger partial charge in [-0.05, 0) is 31.6 Å². The quantitative estimate of drug-likeness (QED) is 0.453. The highest BCUT2D eigenvalue weighted by molar-refractivity contribution is 7.17. The first-order valence-electron chi connectivity index (χ1n) is 9.85. The third kappa shape index (κ3) is 4.34. The van der Waals surface area contributed by atoms with Crippen LogP contribution in [0.25, 0.3) is 21.7 Å². The molecule has 4 heterocycles. The predicted molar refractivity (Wildman–Crippen MR) is 121 cm³/mol. The monoisotopic (exact) mass is 434 g/mol. The predicted octanol–water partition coefficient (Wildman–Crippen LogP) is 4.50. The summed E-state index contributed by atoms with van der Waals surface area (Å²) in [7, 11) is 0. The van der Waals surface area contributed by atoms with Crippen molar-refractivity contribution in [2.75, 3.05) is 13.1 Å². The largest absolute Gasteiger partial charge is 0.513 e. The third-order valence-corrected chi connectivity index (χ3v) is 6.13. The van der Waals surface area contributed by atoms with Crippen LogP contribution in [0, 0.1) is 5.92 Å². The second-order valence-corrected chi connectivity index (χ2v) is 8.27. The lowest BCUT2D eigenvalue weighted by Gasteiger charge is -2.16. The number of aliphatic hydroxyl groups excluding tert-OH is 1. The molecule has 0 saturated carbocycles. The number of hydrogen-bond donors (Lipinski definition) is 2. The molecular weight excluding hydrogens is 412 g/mol. The lowest BCUT2D eigenvalue weighted by atomic mass is 9.99. The highest BCUT2D eigenvalue weighted by Crippen LogP contribution is 2.34. The number of nitrogens with zero attached hydrogens (tertiary/aromatic N) is 4. The number of likely N-dealkylation sites (tertiary alicyclic amines) is 1. The molecule has 8 heteroatoms. The summed E-state index contributed by atoms with van der Waals surface area (Å²) >= 11 is 1.25. The van der Waals surface area contributed by atoms with Crippen LogP contribution in [-0.4, -0.2) is 49.1 Å². The van der Waals surface area contributed by atoms with Crippen molar-refractivity contribution in [3.63, 3.8) is 0 Å². The highest BCUT2D eigenvalue weighted by atomic mass is 32.1. The molecule has 1 aliphatic heterocycles. The van der Waals surface area contributed by atoms with E-state index in [9.17, 15) is 15.0 Å². The molecule has 1 saturated heterocycles. The van der Waals surface area contributed by atoms with Crippen molar-refractivity contribution in [1.82, 2.24) is 19.9 Å². The van der Waals surface area contributed by atoms with Gasteiger partial charge in [0.2, 0.25) is 5.88 Å². The molecule has 2 N–H and O–H groups in total. The SMILES string of the molecule is C=C(/C=C\C=C(/C)O)C1CCN(C(=O)c2csc3c(O)nc(-c4ccccn4)nc23)C1. The fourth-order valence-electron chi connectivity index (χ4n) is 3.53. The Morgan fingerprint density at radius 3 is 2.94 bits per heavy atom. The zero-order valence-electron chi connectivity index (χ0n) is 17.0. The fourth-order valence-corrected chi connectivity index (χ4v) is 4.40. The van der Waals surface area contributed by atoms with Crippen LogP contribution in [0.3, 0.4) is 0 Å². The normalized spacial score (nSPS) is 17.0. The molecule has 4 rings (SSSR count). The van der Waals surface area contributed by atoms with E-state index in [0.717, 1.165) is 12.0 Å². The average Bonchev–Trinajstić information content (AvgIpc) is 3.41. The molecule has 3 aromatic rings. The lowest BCUT2D eigenvalue weighted by molar-refractivity contribution is 0.0791. The summed E-state index contributed by atoms with van der Waals surface area (Å²) in [4.78, 5) is 27.9. The standard InChI is InChI=1S/C23H22N4O3S/c1-14(6-5-7-15(2)28)16-9-11-27(12-16)23(30)17-13-31-20-19(17)25-21(26-22(20)29)18-8-3-4-10-24-18/h3-8,10,13,16,28H,1,9,11-12H2,2H3,(H,25,26,29)/b6-5-,15-7+. The van der Waals surface area contributed by atoms with Crippen LogP contribution < -0.4 is 0 Å². The number of thiophene rings is 1. The highest BCUT2D eigenvalue weighted by Gasteiger charge is 2.30. The maximum absolute atomic E-state index is 13.2. The zero-order valence-corrected chi connectivity index (χ0v) is 17.8. The smallest absolute Gasteiger partial charge is 0.256 e. The first-order valence-corrected chi connectivity index (χ1v) is 10.7. The Labute approximate surface area is 183 Å². The number of carbonyl (C=O) groups is 1. The minimum Gasteiger partial charge on any atom is -0.513 e. The second kappa shape index (κ2) is 8.69. The molecule has 1 atom stereocenters. The van der Waals surface area contributed by atoms with Gasteiger partial charge in [0.25, 0.3) is 5.91 Å². The van der Waals surface area contributed by atoms with Crippen LogP contribution in [0.1, 0.15) is 23.7 Å². The molecule has 0 bridgehead atoms. The lowest BCUT2D eigenvalue weighted by Crippen LogP contribution is -2.28. The summed E-state index contributed by atoms with van der Waals surface area (Å²) in [5.74, 6) is 0.390.